The van der Waals surface area contributed by atoms with Crippen LogP contribution in [0.15, 0.2) is 24.3 Å². The average Bonchev–Trinajstić information content (AvgIpc) is 2.52. The monoisotopic (exact) mass is 322 g/mol. The van der Waals surface area contributed by atoms with E-state index in [2.05, 4.69) is 20.8 Å². The van der Waals surface area contributed by atoms with E-state index in [9.17, 15) is 9.59 Å². The van der Waals surface area contributed by atoms with Gasteiger partial charge in [0.15, 0.2) is 5.92 Å². The molecule has 0 aliphatic heterocycles. The Labute approximate surface area is 137 Å². The Balaban J connectivity index is 2.88. The van der Waals surface area contributed by atoms with E-state index in [1.54, 1.807) is 6.92 Å². The molecule has 0 saturated heterocycles. The highest BCUT2D eigenvalue weighted by Crippen LogP contribution is 2.28. The summed E-state index contributed by atoms with van der Waals surface area (Å²) in [6.45, 7) is 8.70. The van der Waals surface area contributed by atoms with Gasteiger partial charge in [0.1, 0.15) is 5.75 Å². The fourth-order valence-corrected chi connectivity index (χ4v) is 2.12. The average molecular weight is 322 g/mol. The summed E-state index contributed by atoms with van der Waals surface area (Å²) < 4.78 is 15.1. The van der Waals surface area contributed by atoms with Crippen LogP contribution in [0.2, 0.25) is 0 Å². The zero-order chi connectivity index (χ0) is 17.6. The Hall–Kier alpha value is -2.04. The van der Waals surface area contributed by atoms with Gasteiger partial charge in [0.05, 0.1) is 20.8 Å². The topological polar surface area (TPSA) is 61.8 Å². The summed E-state index contributed by atoms with van der Waals surface area (Å²) in [6, 6.07) is 7.37. The number of carbonyl (C=O) groups is 2. The van der Waals surface area contributed by atoms with Crippen molar-refractivity contribution in [2.45, 2.75) is 33.6 Å². The molecule has 1 unspecified atom stereocenters. The SMILES string of the molecule is COC(=O)C(C(=O)OC)C(C)c1ccc(OCC(C)(C)C)cc1. The molecule has 1 aromatic carbocycles. The van der Waals surface area contributed by atoms with Crippen LogP contribution in [0.25, 0.3) is 0 Å². The summed E-state index contributed by atoms with van der Waals surface area (Å²) >= 11 is 0. The first kappa shape index (κ1) is 19.0. The lowest BCUT2D eigenvalue weighted by molar-refractivity contribution is -0.159. The normalized spacial score (nSPS) is 12.7. The molecular weight excluding hydrogens is 296 g/mol. The van der Waals surface area contributed by atoms with Gasteiger partial charge in [0.2, 0.25) is 0 Å². The Morgan fingerprint density at radius 2 is 1.48 bits per heavy atom. The molecule has 0 N–H and O–H groups in total. The molecule has 0 saturated carbocycles. The van der Waals surface area contributed by atoms with Crippen molar-refractivity contribution in [3.8, 4) is 5.75 Å². The molecule has 5 heteroatoms. The predicted molar refractivity (Wildman–Crippen MR) is 87.3 cm³/mol. The van der Waals surface area contributed by atoms with Crippen molar-refractivity contribution in [3.63, 3.8) is 0 Å². The number of hydrogen-bond acceptors (Lipinski definition) is 5. The molecule has 0 spiro atoms. The van der Waals surface area contributed by atoms with Crippen molar-refractivity contribution in [3.05, 3.63) is 29.8 Å². The van der Waals surface area contributed by atoms with Crippen molar-refractivity contribution >= 4 is 11.9 Å². The van der Waals surface area contributed by atoms with Gasteiger partial charge in [0.25, 0.3) is 0 Å². The lowest BCUT2D eigenvalue weighted by Crippen LogP contribution is -2.31. The van der Waals surface area contributed by atoms with E-state index >= 15 is 0 Å². The first-order valence-electron chi connectivity index (χ1n) is 7.58. The van der Waals surface area contributed by atoms with Gasteiger partial charge in [0, 0.05) is 5.92 Å². The van der Waals surface area contributed by atoms with Crippen LogP contribution in [0.4, 0.5) is 0 Å². The minimum absolute atomic E-state index is 0.0762. The van der Waals surface area contributed by atoms with E-state index in [4.69, 9.17) is 14.2 Å². The van der Waals surface area contributed by atoms with Gasteiger partial charge in [-0.05, 0) is 23.1 Å². The molecule has 0 fully saturated rings. The summed E-state index contributed by atoms with van der Waals surface area (Å²) in [4.78, 5) is 23.7. The van der Waals surface area contributed by atoms with Crippen molar-refractivity contribution in [2.75, 3.05) is 20.8 Å². The van der Waals surface area contributed by atoms with Gasteiger partial charge >= 0.3 is 11.9 Å². The first-order valence-corrected chi connectivity index (χ1v) is 7.58. The molecule has 1 atom stereocenters. The van der Waals surface area contributed by atoms with Crippen LogP contribution in [0.5, 0.6) is 5.75 Å². The van der Waals surface area contributed by atoms with Crippen LogP contribution in [-0.4, -0.2) is 32.8 Å². The maximum atomic E-state index is 11.9. The van der Waals surface area contributed by atoms with Crippen molar-refractivity contribution < 1.29 is 23.8 Å². The highest BCUT2D eigenvalue weighted by molar-refractivity contribution is 5.95. The van der Waals surface area contributed by atoms with E-state index in [1.807, 2.05) is 24.3 Å². The molecule has 1 rings (SSSR count). The standard InChI is InChI=1S/C18H26O5/c1-12(15(16(19)21-5)17(20)22-6)13-7-9-14(10-8-13)23-11-18(2,3)4/h7-10,12,15H,11H2,1-6H3. The molecule has 128 valence electrons. The van der Waals surface area contributed by atoms with Crippen LogP contribution < -0.4 is 4.74 Å². The number of ether oxygens (including phenoxy) is 3. The number of rotatable bonds is 6. The fourth-order valence-electron chi connectivity index (χ4n) is 2.12. The van der Waals surface area contributed by atoms with Crippen molar-refractivity contribution in [2.24, 2.45) is 11.3 Å². The maximum absolute atomic E-state index is 11.9. The second kappa shape index (κ2) is 7.99. The number of hydrogen-bond donors (Lipinski definition) is 0. The van der Waals surface area contributed by atoms with Crippen molar-refractivity contribution in [1.29, 1.82) is 0 Å². The van der Waals surface area contributed by atoms with Crippen LogP contribution in [-0.2, 0) is 19.1 Å². The highest BCUT2D eigenvalue weighted by atomic mass is 16.5. The van der Waals surface area contributed by atoms with Crippen LogP contribution >= 0.6 is 0 Å². The van der Waals surface area contributed by atoms with E-state index in [-0.39, 0.29) is 11.3 Å². The van der Waals surface area contributed by atoms with Gasteiger partial charge in [-0.1, -0.05) is 39.8 Å². The quantitative estimate of drug-likeness (QED) is 0.594. The minimum Gasteiger partial charge on any atom is -0.493 e. The van der Waals surface area contributed by atoms with Crippen LogP contribution in [0, 0.1) is 11.3 Å². The van der Waals surface area contributed by atoms with E-state index in [0.717, 1.165) is 11.3 Å². The zero-order valence-electron chi connectivity index (χ0n) is 14.7. The molecule has 0 heterocycles. The second-order valence-corrected chi connectivity index (χ2v) is 6.73. The van der Waals surface area contributed by atoms with Gasteiger partial charge in [-0.3, -0.25) is 9.59 Å². The minimum atomic E-state index is -0.980. The number of esters is 2. The van der Waals surface area contributed by atoms with Gasteiger partial charge in [-0.2, -0.15) is 0 Å². The van der Waals surface area contributed by atoms with Gasteiger partial charge in [-0.25, -0.2) is 0 Å². The first-order chi connectivity index (χ1) is 10.7. The summed E-state index contributed by atoms with van der Waals surface area (Å²) in [5, 5.41) is 0. The zero-order valence-corrected chi connectivity index (χ0v) is 14.7. The number of methoxy groups -OCH3 is 2. The largest absolute Gasteiger partial charge is 0.493 e. The Morgan fingerprint density at radius 1 is 1.00 bits per heavy atom. The third kappa shape index (κ3) is 5.58. The highest BCUT2D eigenvalue weighted by Gasteiger charge is 2.35. The van der Waals surface area contributed by atoms with Gasteiger partial charge in [-0.15, -0.1) is 0 Å². The lowest BCUT2D eigenvalue weighted by Gasteiger charge is -2.21. The second-order valence-electron chi connectivity index (χ2n) is 6.73. The van der Waals surface area contributed by atoms with Crippen LogP contribution in [0.3, 0.4) is 0 Å². The molecule has 0 radical (unpaired) electrons. The molecule has 0 amide bonds. The van der Waals surface area contributed by atoms with Crippen LogP contribution in [0.1, 0.15) is 39.2 Å². The molecule has 0 aliphatic carbocycles. The summed E-state index contributed by atoms with van der Waals surface area (Å²) in [5.41, 5.74) is 0.918. The molecule has 0 bridgehead atoms. The van der Waals surface area contributed by atoms with E-state index in [1.165, 1.54) is 14.2 Å². The van der Waals surface area contributed by atoms with E-state index in [0.29, 0.717) is 6.61 Å². The smallest absolute Gasteiger partial charge is 0.320 e. The molecule has 23 heavy (non-hydrogen) atoms. The number of carbonyl (C=O) groups excluding carboxylic acids is 2. The molecule has 5 nitrogen and oxygen atoms in total. The summed E-state index contributed by atoms with van der Waals surface area (Å²) in [7, 11) is 2.52. The van der Waals surface area contributed by atoms with E-state index < -0.39 is 17.9 Å². The van der Waals surface area contributed by atoms with Crippen molar-refractivity contribution in [1.82, 2.24) is 0 Å². The maximum Gasteiger partial charge on any atom is 0.320 e. The Kier molecular flexibility index (Phi) is 6.61. The summed E-state index contributed by atoms with van der Waals surface area (Å²) in [6.07, 6.45) is 0. The molecule has 0 aliphatic rings. The Bertz CT molecular complexity index is 511. The van der Waals surface area contributed by atoms with Gasteiger partial charge < -0.3 is 14.2 Å². The summed E-state index contributed by atoms with van der Waals surface area (Å²) in [5.74, 6) is -1.78. The third-order valence-electron chi connectivity index (χ3n) is 3.49. The third-order valence-corrected chi connectivity index (χ3v) is 3.49. The number of benzene rings is 1. The molecule has 1 aromatic rings. The Morgan fingerprint density at radius 3 is 1.87 bits per heavy atom. The molecule has 0 aromatic heterocycles. The molecular formula is C18H26O5. The predicted octanol–water partition coefficient (Wildman–Crippen LogP) is 3.18. The lowest BCUT2D eigenvalue weighted by atomic mass is 9.87. The fraction of sp³-hybridized carbons (Fsp3) is 0.556.